The van der Waals surface area contributed by atoms with E-state index in [4.69, 9.17) is 5.73 Å². The Morgan fingerprint density at radius 2 is 1.75 bits per heavy atom. The first-order valence-electron chi connectivity index (χ1n) is 10.8. The standard InChI is InChI=1S/C22H31N3O2S/c1-12(2)25-4-3-16-17(11-25)28-20(18(16)19(23)26)24-21(27)22-8-13-5-14(9-22)7-15(6-13)10-22/h12-15H,3-11H2,1-2H3,(H2,23,26)(H,24,27). The normalized spacial score (nSPS) is 33.9. The van der Waals surface area contributed by atoms with Crippen molar-refractivity contribution >= 4 is 28.2 Å². The molecule has 1 aromatic heterocycles. The van der Waals surface area contributed by atoms with Gasteiger partial charge in [-0.2, -0.15) is 0 Å². The Kier molecular flexibility index (Phi) is 4.36. The number of anilines is 1. The third-order valence-corrected chi connectivity index (χ3v) is 8.94. The number of nitrogens with one attached hydrogen (secondary N) is 1. The Morgan fingerprint density at radius 1 is 1.14 bits per heavy atom. The van der Waals surface area contributed by atoms with Crippen molar-refractivity contribution in [3.8, 4) is 0 Å². The molecule has 4 saturated carbocycles. The van der Waals surface area contributed by atoms with Crippen LogP contribution in [0.2, 0.25) is 0 Å². The van der Waals surface area contributed by atoms with E-state index in [1.807, 2.05) is 0 Å². The molecular weight excluding hydrogens is 370 g/mol. The number of primary amides is 1. The van der Waals surface area contributed by atoms with E-state index in [0.717, 1.165) is 62.1 Å². The van der Waals surface area contributed by atoms with Crippen molar-refractivity contribution in [2.45, 2.75) is 71.4 Å². The minimum Gasteiger partial charge on any atom is -0.365 e. The molecule has 6 rings (SSSR count). The summed E-state index contributed by atoms with van der Waals surface area (Å²) in [4.78, 5) is 29.3. The van der Waals surface area contributed by atoms with E-state index >= 15 is 0 Å². The van der Waals surface area contributed by atoms with Crippen LogP contribution in [0.25, 0.3) is 0 Å². The van der Waals surface area contributed by atoms with Crippen LogP contribution in [0.4, 0.5) is 5.00 Å². The number of amides is 2. The lowest BCUT2D eigenvalue weighted by Crippen LogP contribution is -2.51. The zero-order chi connectivity index (χ0) is 19.6. The maximum Gasteiger partial charge on any atom is 0.251 e. The molecule has 4 bridgehead atoms. The Balaban J connectivity index is 1.42. The van der Waals surface area contributed by atoms with Gasteiger partial charge in [0.05, 0.1) is 11.0 Å². The summed E-state index contributed by atoms with van der Waals surface area (Å²) in [6, 6.07) is 0.470. The zero-order valence-electron chi connectivity index (χ0n) is 16.9. The summed E-state index contributed by atoms with van der Waals surface area (Å²) in [5, 5.41) is 3.91. The van der Waals surface area contributed by atoms with E-state index in [1.54, 1.807) is 11.3 Å². The number of thiophene rings is 1. The van der Waals surface area contributed by atoms with Crippen LogP contribution in [0.5, 0.6) is 0 Å². The smallest absolute Gasteiger partial charge is 0.251 e. The van der Waals surface area contributed by atoms with Crippen LogP contribution in [0.3, 0.4) is 0 Å². The molecular formula is C22H31N3O2S. The number of carbonyl (C=O) groups is 2. The summed E-state index contributed by atoms with van der Waals surface area (Å²) in [6.45, 7) is 6.17. The quantitative estimate of drug-likeness (QED) is 0.806. The predicted molar refractivity (Wildman–Crippen MR) is 111 cm³/mol. The van der Waals surface area contributed by atoms with Crippen molar-refractivity contribution < 1.29 is 9.59 Å². The highest BCUT2D eigenvalue weighted by Crippen LogP contribution is 2.60. The molecule has 1 aromatic rings. The number of hydrogen-bond donors (Lipinski definition) is 2. The number of carbonyl (C=O) groups excluding carboxylic acids is 2. The van der Waals surface area contributed by atoms with E-state index in [9.17, 15) is 9.59 Å². The van der Waals surface area contributed by atoms with Gasteiger partial charge in [-0.25, -0.2) is 0 Å². The fraction of sp³-hybridized carbons (Fsp3) is 0.727. The van der Waals surface area contributed by atoms with Crippen molar-refractivity contribution in [1.29, 1.82) is 0 Å². The largest absolute Gasteiger partial charge is 0.365 e. The second-order valence-corrected chi connectivity index (χ2v) is 11.1. The van der Waals surface area contributed by atoms with E-state index in [2.05, 4.69) is 24.1 Å². The highest BCUT2D eigenvalue weighted by Gasteiger charge is 2.54. The molecule has 152 valence electrons. The molecule has 0 aromatic carbocycles. The second kappa shape index (κ2) is 6.56. The summed E-state index contributed by atoms with van der Waals surface area (Å²) in [5.74, 6) is 1.92. The molecule has 2 amide bonds. The van der Waals surface area contributed by atoms with Crippen molar-refractivity contribution in [3.05, 3.63) is 16.0 Å². The van der Waals surface area contributed by atoms with Crippen molar-refractivity contribution in [2.75, 3.05) is 11.9 Å². The van der Waals surface area contributed by atoms with Crippen LogP contribution in [0.15, 0.2) is 0 Å². The second-order valence-electron chi connectivity index (χ2n) is 10.0. The highest BCUT2D eigenvalue weighted by molar-refractivity contribution is 7.17. The monoisotopic (exact) mass is 401 g/mol. The van der Waals surface area contributed by atoms with Gasteiger partial charge >= 0.3 is 0 Å². The van der Waals surface area contributed by atoms with Crippen molar-refractivity contribution in [2.24, 2.45) is 28.9 Å². The topological polar surface area (TPSA) is 75.4 Å². The van der Waals surface area contributed by atoms with Gasteiger partial charge in [-0.05, 0) is 82.1 Å². The van der Waals surface area contributed by atoms with E-state index in [1.165, 1.54) is 24.1 Å². The Labute approximate surface area is 171 Å². The maximum absolute atomic E-state index is 13.5. The van der Waals surface area contributed by atoms with Crippen LogP contribution in [-0.4, -0.2) is 29.3 Å². The van der Waals surface area contributed by atoms with Gasteiger partial charge in [-0.15, -0.1) is 11.3 Å². The molecule has 3 N–H and O–H groups in total. The molecule has 5 aliphatic rings. The third kappa shape index (κ3) is 2.91. The molecule has 0 radical (unpaired) electrons. The van der Waals surface area contributed by atoms with Gasteiger partial charge in [0.25, 0.3) is 5.91 Å². The number of nitrogens with two attached hydrogens (primary N) is 1. The van der Waals surface area contributed by atoms with E-state index in [0.29, 0.717) is 16.6 Å². The lowest BCUT2D eigenvalue weighted by Gasteiger charge is -2.55. The summed E-state index contributed by atoms with van der Waals surface area (Å²) < 4.78 is 0. The molecule has 5 nitrogen and oxygen atoms in total. The first-order valence-corrected chi connectivity index (χ1v) is 11.7. The fourth-order valence-electron chi connectivity index (χ4n) is 6.84. The molecule has 0 spiro atoms. The summed E-state index contributed by atoms with van der Waals surface area (Å²) in [6.07, 6.45) is 7.87. The van der Waals surface area contributed by atoms with E-state index < -0.39 is 5.91 Å². The van der Waals surface area contributed by atoms with Gasteiger partial charge in [-0.3, -0.25) is 14.5 Å². The lowest BCUT2D eigenvalue weighted by molar-refractivity contribution is -0.140. The van der Waals surface area contributed by atoms with E-state index in [-0.39, 0.29) is 11.3 Å². The Hall–Kier alpha value is -1.40. The van der Waals surface area contributed by atoms with Crippen molar-refractivity contribution in [1.82, 2.24) is 4.90 Å². The average Bonchev–Trinajstić information content (AvgIpc) is 2.97. The molecule has 0 atom stereocenters. The third-order valence-electron chi connectivity index (χ3n) is 7.81. The first kappa shape index (κ1) is 18.6. The summed E-state index contributed by atoms with van der Waals surface area (Å²) in [5.41, 5.74) is 7.19. The first-order chi connectivity index (χ1) is 13.3. The number of hydrogen-bond acceptors (Lipinski definition) is 4. The molecule has 6 heteroatoms. The SMILES string of the molecule is CC(C)N1CCc2c(sc(NC(=O)C34CC5CC(CC(C5)C3)C4)c2C(N)=O)C1. The Bertz CT molecular complexity index is 793. The Morgan fingerprint density at radius 3 is 2.29 bits per heavy atom. The average molecular weight is 402 g/mol. The van der Waals surface area contributed by atoms with Crippen LogP contribution < -0.4 is 11.1 Å². The number of fused-ring (bicyclic) bond motifs is 1. The maximum atomic E-state index is 13.5. The van der Waals surface area contributed by atoms with Crippen LogP contribution in [0.1, 0.15) is 73.2 Å². The minimum atomic E-state index is -0.406. The lowest BCUT2D eigenvalue weighted by atomic mass is 9.49. The van der Waals surface area contributed by atoms with Crippen LogP contribution in [0, 0.1) is 23.2 Å². The minimum absolute atomic E-state index is 0.147. The van der Waals surface area contributed by atoms with Crippen LogP contribution in [-0.2, 0) is 17.8 Å². The predicted octanol–water partition coefficient (Wildman–Crippen LogP) is 3.77. The molecule has 2 heterocycles. The van der Waals surface area contributed by atoms with Gasteiger partial charge in [0.1, 0.15) is 5.00 Å². The molecule has 0 unspecified atom stereocenters. The van der Waals surface area contributed by atoms with Gasteiger partial charge in [0.2, 0.25) is 5.91 Å². The molecule has 4 aliphatic carbocycles. The van der Waals surface area contributed by atoms with Gasteiger partial charge < -0.3 is 11.1 Å². The summed E-state index contributed by atoms with van der Waals surface area (Å²) in [7, 11) is 0. The van der Waals surface area contributed by atoms with Crippen molar-refractivity contribution in [3.63, 3.8) is 0 Å². The van der Waals surface area contributed by atoms with Gasteiger partial charge in [-0.1, -0.05) is 0 Å². The number of rotatable bonds is 4. The van der Waals surface area contributed by atoms with Gasteiger partial charge in [0, 0.05) is 24.0 Å². The zero-order valence-corrected chi connectivity index (χ0v) is 17.7. The molecule has 4 fully saturated rings. The molecule has 1 aliphatic heterocycles. The summed E-state index contributed by atoms with van der Waals surface area (Å²) >= 11 is 1.57. The number of nitrogens with zero attached hydrogens (tertiary/aromatic N) is 1. The molecule has 0 saturated heterocycles. The van der Waals surface area contributed by atoms with Crippen LogP contribution >= 0.6 is 11.3 Å². The van der Waals surface area contributed by atoms with Gasteiger partial charge in [0.15, 0.2) is 0 Å². The molecule has 28 heavy (non-hydrogen) atoms. The fourth-order valence-corrected chi connectivity index (χ4v) is 8.11. The highest BCUT2D eigenvalue weighted by atomic mass is 32.1.